The molecular weight excluding hydrogens is 418 g/mol. The van der Waals surface area contributed by atoms with Crippen LogP contribution in [-0.4, -0.2) is 71.7 Å². The van der Waals surface area contributed by atoms with E-state index in [-0.39, 0.29) is 23.6 Å². The maximum Gasteiger partial charge on any atom is 0.289 e. The Hall–Kier alpha value is -3.61. The molecule has 1 unspecified atom stereocenters. The van der Waals surface area contributed by atoms with Crippen LogP contribution in [0, 0.1) is 5.92 Å². The molecule has 2 fully saturated rings. The number of nitrogens with zero attached hydrogens (tertiary/aromatic N) is 3. The zero-order chi connectivity index (χ0) is 22.8. The molecule has 170 valence electrons. The molecule has 3 aromatic rings. The third-order valence-electron chi connectivity index (χ3n) is 6.69. The highest BCUT2D eigenvalue weighted by atomic mass is 16.3. The highest BCUT2D eigenvalue weighted by molar-refractivity contribution is 6.07. The second kappa shape index (κ2) is 9.10. The smallest absolute Gasteiger partial charge is 0.289 e. The average molecular weight is 446 g/mol. The highest BCUT2D eigenvalue weighted by Crippen LogP contribution is 2.23. The van der Waals surface area contributed by atoms with Crippen LogP contribution >= 0.6 is 0 Å². The Labute approximate surface area is 192 Å². The fourth-order valence-corrected chi connectivity index (χ4v) is 4.89. The third-order valence-corrected chi connectivity index (χ3v) is 6.69. The summed E-state index contributed by atoms with van der Waals surface area (Å²) < 4.78 is 5.23. The standard InChI is InChI=1S/C26H27N3O4/c30-24(20-8-4-12-29(18-20)26(32)23-11-5-17-33-23)27-13-15-28(16-14-27)25(31)22-10-3-7-19-6-1-2-9-21(19)22/h1-3,5-7,9-11,17,20H,4,8,12-16,18H2. The minimum Gasteiger partial charge on any atom is -0.459 e. The summed E-state index contributed by atoms with van der Waals surface area (Å²) >= 11 is 0. The SMILES string of the molecule is O=C(c1ccco1)N1CCCC(C(=O)N2CCN(C(=O)c3cccc4ccccc34)CC2)C1. The van der Waals surface area contributed by atoms with Gasteiger partial charge in [-0.1, -0.05) is 36.4 Å². The van der Waals surface area contributed by atoms with E-state index in [2.05, 4.69) is 0 Å². The molecule has 0 N–H and O–H groups in total. The zero-order valence-corrected chi connectivity index (χ0v) is 18.5. The summed E-state index contributed by atoms with van der Waals surface area (Å²) in [4.78, 5) is 44.4. The first-order valence-electron chi connectivity index (χ1n) is 11.5. The first kappa shape index (κ1) is 21.2. The molecule has 7 nitrogen and oxygen atoms in total. The van der Waals surface area contributed by atoms with Crippen LogP contribution in [0.1, 0.15) is 33.8 Å². The van der Waals surface area contributed by atoms with Crippen molar-refractivity contribution < 1.29 is 18.8 Å². The highest BCUT2D eigenvalue weighted by Gasteiger charge is 2.34. The molecule has 2 aliphatic rings. The third kappa shape index (κ3) is 4.23. The molecule has 0 aliphatic carbocycles. The van der Waals surface area contributed by atoms with Crippen molar-refractivity contribution in [1.29, 1.82) is 0 Å². The molecule has 1 aromatic heterocycles. The van der Waals surface area contributed by atoms with E-state index < -0.39 is 0 Å². The number of hydrogen-bond donors (Lipinski definition) is 0. The van der Waals surface area contributed by atoms with Gasteiger partial charge in [-0.3, -0.25) is 14.4 Å². The van der Waals surface area contributed by atoms with Crippen LogP contribution in [0.4, 0.5) is 0 Å². The second-order valence-corrected chi connectivity index (χ2v) is 8.71. The monoisotopic (exact) mass is 445 g/mol. The number of fused-ring (bicyclic) bond motifs is 1. The summed E-state index contributed by atoms with van der Waals surface area (Å²) in [6, 6.07) is 17.0. The molecule has 3 amide bonds. The van der Waals surface area contributed by atoms with Gasteiger partial charge in [-0.15, -0.1) is 0 Å². The number of benzene rings is 2. The molecule has 0 saturated carbocycles. The van der Waals surface area contributed by atoms with Crippen LogP contribution in [0.2, 0.25) is 0 Å². The van der Waals surface area contributed by atoms with Crippen molar-refractivity contribution in [2.45, 2.75) is 12.8 Å². The predicted octanol–water partition coefficient (Wildman–Crippen LogP) is 3.27. The van der Waals surface area contributed by atoms with Crippen LogP contribution in [0.3, 0.4) is 0 Å². The van der Waals surface area contributed by atoms with Gasteiger partial charge in [0.15, 0.2) is 5.76 Å². The Morgan fingerprint density at radius 3 is 2.30 bits per heavy atom. The number of carbonyl (C=O) groups is 3. The van der Waals surface area contributed by atoms with Gasteiger partial charge in [0.25, 0.3) is 11.8 Å². The molecule has 2 aromatic carbocycles. The fourth-order valence-electron chi connectivity index (χ4n) is 4.89. The maximum absolute atomic E-state index is 13.2. The molecule has 0 spiro atoms. The summed E-state index contributed by atoms with van der Waals surface area (Å²) in [5.41, 5.74) is 0.701. The molecule has 0 radical (unpaired) electrons. The number of piperazine rings is 1. The van der Waals surface area contributed by atoms with Crippen molar-refractivity contribution in [3.63, 3.8) is 0 Å². The van der Waals surface area contributed by atoms with Gasteiger partial charge >= 0.3 is 0 Å². The second-order valence-electron chi connectivity index (χ2n) is 8.71. The van der Waals surface area contributed by atoms with Gasteiger partial charge in [0.2, 0.25) is 5.91 Å². The van der Waals surface area contributed by atoms with Gasteiger partial charge in [-0.2, -0.15) is 0 Å². The summed E-state index contributed by atoms with van der Waals surface area (Å²) in [5, 5.41) is 2.00. The Morgan fingerprint density at radius 1 is 0.758 bits per heavy atom. The van der Waals surface area contributed by atoms with Gasteiger partial charge in [0.1, 0.15) is 0 Å². The first-order valence-corrected chi connectivity index (χ1v) is 11.5. The van der Waals surface area contributed by atoms with Crippen molar-refractivity contribution in [3.05, 3.63) is 72.2 Å². The molecule has 2 saturated heterocycles. The summed E-state index contributed by atoms with van der Waals surface area (Å²) in [7, 11) is 0. The van der Waals surface area contributed by atoms with E-state index in [1.54, 1.807) is 17.0 Å². The van der Waals surface area contributed by atoms with Crippen molar-refractivity contribution in [2.75, 3.05) is 39.3 Å². The van der Waals surface area contributed by atoms with Crippen LogP contribution < -0.4 is 0 Å². The summed E-state index contributed by atoms with van der Waals surface area (Å²) in [6.45, 7) is 3.09. The van der Waals surface area contributed by atoms with E-state index in [4.69, 9.17) is 4.42 Å². The number of piperidine rings is 1. The van der Waals surface area contributed by atoms with Gasteiger partial charge in [0.05, 0.1) is 12.2 Å². The predicted molar refractivity (Wildman–Crippen MR) is 124 cm³/mol. The topological polar surface area (TPSA) is 74.1 Å². The largest absolute Gasteiger partial charge is 0.459 e. The Balaban J connectivity index is 1.20. The lowest BCUT2D eigenvalue weighted by Gasteiger charge is -2.39. The van der Waals surface area contributed by atoms with Crippen molar-refractivity contribution in [2.24, 2.45) is 5.92 Å². The zero-order valence-electron chi connectivity index (χ0n) is 18.5. The van der Waals surface area contributed by atoms with Crippen LogP contribution in [0.25, 0.3) is 10.8 Å². The molecule has 5 rings (SSSR count). The molecule has 2 aliphatic heterocycles. The lowest BCUT2D eigenvalue weighted by molar-refractivity contribution is -0.138. The molecule has 3 heterocycles. The van der Waals surface area contributed by atoms with E-state index in [0.29, 0.717) is 50.6 Å². The Kier molecular flexibility index (Phi) is 5.86. The van der Waals surface area contributed by atoms with E-state index >= 15 is 0 Å². The minimum absolute atomic E-state index is 0.00628. The van der Waals surface area contributed by atoms with Gasteiger partial charge < -0.3 is 19.1 Å². The van der Waals surface area contributed by atoms with Crippen molar-refractivity contribution in [1.82, 2.24) is 14.7 Å². The quantitative estimate of drug-likeness (QED) is 0.620. The van der Waals surface area contributed by atoms with E-state index in [1.807, 2.05) is 52.3 Å². The van der Waals surface area contributed by atoms with Crippen LogP contribution in [0.5, 0.6) is 0 Å². The van der Waals surface area contributed by atoms with Crippen molar-refractivity contribution in [3.8, 4) is 0 Å². The lowest BCUT2D eigenvalue weighted by Crippen LogP contribution is -2.54. The van der Waals surface area contributed by atoms with E-state index in [0.717, 1.165) is 23.6 Å². The fraction of sp³-hybridized carbons (Fsp3) is 0.346. The molecular formula is C26H27N3O4. The Bertz CT molecular complexity index is 1160. The normalized spacial score (nSPS) is 19.0. The molecule has 7 heteroatoms. The number of hydrogen-bond acceptors (Lipinski definition) is 4. The number of likely N-dealkylation sites (tertiary alicyclic amines) is 1. The summed E-state index contributed by atoms with van der Waals surface area (Å²) in [5.74, 6) is 0.0145. The Morgan fingerprint density at radius 2 is 1.52 bits per heavy atom. The van der Waals surface area contributed by atoms with Gasteiger partial charge in [-0.25, -0.2) is 0 Å². The first-order chi connectivity index (χ1) is 16.1. The minimum atomic E-state index is -0.210. The van der Waals surface area contributed by atoms with Crippen LogP contribution in [0.15, 0.2) is 65.3 Å². The number of furan rings is 1. The maximum atomic E-state index is 13.2. The lowest BCUT2D eigenvalue weighted by atomic mass is 9.96. The van der Waals surface area contributed by atoms with Crippen molar-refractivity contribution >= 4 is 28.5 Å². The molecule has 33 heavy (non-hydrogen) atoms. The van der Waals surface area contributed by atoms with Gasteiger partial charge in [0, 0.05) is 44.8 Å². The summed E-state index contributed by atoms with van der Waals surface area (Å²) in [6.07, 6.45) is 3.05. The number of amides is 3. The van der Waals surface area contributed by atoms with Gasteiger partial charge in [-0.05, 0) is 41.8 Å². The molecule has 0 bridgehead atoms. The molecule has 1 atom stereocenters. The van der Waals surface area contributed by atoms with Crippen LogP contribution in [-0.2, 0) is 4.79 Å². The number of carbonyl (C=O) groups excluding carboxylic acids is 3. The van der Waals surface area contributed by atoms with E-state index in [1.165, 1.54) is 6.26 Å². The average Bonchev–Trinajstić information content (AvgIpc) is 3.42. The van der Waals surface area contributed by atoms with E-state index in [9.17, 15) is 14.4 Å². The number of rotatable bonds is 3.